The first-order chi connectivity index (χ1) is 6.81. The van der Waals surface area contributed by atoms with E-state index in [1.165, 1.54) is 37.0 Å². The van der Waals surface area contributed by atoms with Gasteiger partial charge in [-0.2, -0.15) is 0 Å². The van der Waals surface area contributed by atoms with Crippen LogP contribution in [0.1, 0.15) is 30.7 Å². The predicted molar refractivity (Wildman–Crippen MR) is 57.2 cm³/mol. The van der Waals surface area contributed by atoms with Gasteiger partial charge in [-0.25, -0.2) is 4.39 Å². The van der Waals surface area contributed by atoms with Crippen LogP contribution in [0.15, 0.2) is 24.3 Å². The van der Waals surface area contributed by atoms with Crippen molar-refractivity contribution in [2.75, 3.05) is 5.88 Å². The third kappa shape index (κ3) is 1.93. The molecule has 0 bridgehead atoms. The second-order valence-electron chi connectivity index (χ2n) is 4.00. The minimum absolute atomic E-state index is 0.171. The standard InChI is InChI=1S/C12H14ClF/c13-8-12(9-2-1-3-9)10-4-6-11(14)7-5-10/h4-7,9,12H,1-3,8H2. The van der Waals surface area contributed by atoms with Gasteiger partial charge in [0.05, 0.1) is 0 Å². The van der Waals surface area contributed by atoms with Gasteiger partial charge >= 0.3 is 0 Å². The molecule has 76 valence electrons. The summed E-state index contributed by atoms with van der Waals surface area (Å²) in [5.41, 5.74) is 1.19. The summed E-state index contributed by atoms with van der Waals surface area (Å²) in [5, 5.41) is 0. The van der Waals surface area contributed by atoms with Gasteiger partial charge in [-0.1, -0.05) is 18.6 Å². The molecular formula is C12H14ClF. The van der Waals surface area contributed by atoms with Gasteiger partial charge in [0.15, 0.2) is 0 Å². The quantitative estimate of drug-likeness (QED) is 0.666. The van der Waals surface area contributed by atoms with Crippen molar-refractivity contribution in [3.05, 3.63) is 35.6 Å². The molecule has 2 rings (SSSR count). The lowest BCUT2D eigenvalue weighted by molar-refractivity contribution is 0.274. The number of halogens is 2. The van der Waals surface area contributed by atoms with Gasteiger partial charge in [0.1, 0.15) is 5.82 Å². The SMILES string of the molecule is Fc1ccc(C(CCl)C2CCC2)cc1. The summed E-state index contributed by atoms with van der Waals surface area (Å²) in [6.45, 7) is 0. The first-order valence-corrected chi connectivity index (χ1v) is 5.66. The Kier molecular flexibility index (Phi) is 3.07. The van der Waals surface area contributed by atoms with Crippen LogP contribution in [0.4, 0.5) is 4.39 Å². The fourth-order valence-electron chi connectivity index (χ4n) is 2.04. The van der Waals surface area contributed by atoms with Crippen LogP contribution in [0.25, 0.3) is 0 Å². The summed E-state index contributed by atoms with van der Waals surface area (Å²) in [5.74, 6) is 1.62. The van der Waals surface area contributed by atoms with Crippen molar-refractivity contribution in [2.24, 2.45) is 5.92 Å². The molecule has 1 unspecified atom stereocenters. The van der Waals surface area contributed by atoms with Gasteiger partial charge in [-0.05, 0) is 36.5 Å². The topological polar surface area (TPSA) is 0 Å². The molecule has 0 aromatic heterocycles. The monoisotopic (exact) mass is 212 g/mol. The molecule has 14 heavy (non-hydrogen) atoms. The second kappa shape index (κ2) is 4.31. The summed E-state index contributed by atoms with van der Waals surface area (Å²) in [6, 6.07) is 6.77. The minimum atomic E-state index is -0.171. The van der Waals surface area contributed by atoms with E-state index in [1.807, 2.05) is 12.1 Å². The van der Waals surface area contributed by atoms with E-state index in [2.05, 4.69) is 0 Å². The highest BCUT2D eigenvalue weighted by atomic mass is 35.5. The molecule has 1 aromatic carbocycles. The van der Waals surface area contributed by atoms with Crippen molar-refractivity contribution >= 4 is 11.6 Å². The molecule has 1 atom stereocenters. The molecule has 0 N–H and O–H groups in total. The van der Waals surface area contributed by atoms with E-state index in [9.17, 15) is 4.39 Å². The maximum Gasteiger partial charge on any atom is 0.123 e. The lowest BCUT2D eigenvalue weighted by Gasteiger charge is -2.32. The lowest BCUT2D eigenvalue weighted by atomic mass is 9.74. The van der Waals surface area contributed by atoms with Crippen LogP contribution in [0.5, 0.6) is 0 Å². The Hall–Kier alpha value is -0.560. The number of hydrogen-bond donors (Lipinski definition) is 0. The molecule has 1 aliphatic rings. The molecule has 0 amide bonds. The van der Waals surface area contributed by atoms with Crippen molar-refractivity contribution in [1.82, 2.24) is 0 Å². The zero-order valence-corrected chi connectivity index (χ0v) is 8.80. The second-order valence-corrected chi connectivity index (χ2v) is 4.31. The van der Waals surface area contributed by atoms with Crippen molar-refractivity contribution < 1.29 is 4.39 Å². The van der Waals surface area contributed by atoms with E-state index in [0.29, 0.717) is 11.8 Å². The lowest BCUT2D eigenvalue weighted by Crippen LogP contribution is -2.21. The third-order valence-electron chi connectivity index (χ3n) is 3.18. The van der Waals surface area contributed by atoms with Gasteiger partial charge in [0.25, 0.3) is 0 Å². The normalized spacial score (nSPS) is 19.0. The predicted octanol–water partition coefficient (Wildman–Crippen LogP) is 3.95. The Morgan fingerprint density at radius 3 is 2.36 bits per heavy atom. The fraction of sp³-hybridized carbons (Fsp3) is 0.500. The van der Waals surface area contributed by atoms with Crippen LogP contribution in [0, 0.1) is 11.7 Å². The van der Waals surface area contributed by atoms with Crippen molar-refractivity contribution in [2.45, 2.75) is 25.2 Å². The molecule has 1 saturated carbocycles. The van der Waals surface area contributed by atoms with E-state index < -0.39 is 0 Å². The fourth-order valence-corrected chi connectivity index (χ4v) is 2.47. The summed E-state index contributed by atoms with van der Waals surface area (Å²) in [4.78, 5) is 0. The van der Waals surface area contributed by atoms with E-state index in [0.717, 1.165) is 5.92 Å². The number of alkyl halides is 1. The molecule has 0 aliphatic heterocycles. The molecule has 0 spiro atoms. The molecule has 1 aliphatic carbocycles. The smallest absolute Gasteiger partial charge is 0.123 e. The van der Waals surface area contributed by atoms with Gasteiger partial charge < -0.3 is 0 Å². The average molecular weight is 213 g/mol. The van der Waals surface area contributed by atoms with E-state index >= 15 is 0 Å². The minimum Gasteiger partial charge on any atom is -0.207 e. The maximum atomic E-state index is 12.7. The molecule has 0 nitrogen and oxygen atoms in total. The van der Waals surface area contributed by atoms with Crippen LogP contribution < -0.4 is 0 Å². The van der Waals surface area contributed by atoms with Crippen LogP contribution in [0.3, 0.4) is 0 Å². The van der Waals surface area contributed by atoms with Gasteiger partial charge in [0.2, 0.25) is 0 Å². The number of benzene rings is 1. The molecular weight excluding hydrogens is 199 g/mol. The molecule has 1 aromatic rings. The van der Waals surface area contributed by atoms with Crippen molar-refractivity contribution in [3.8, 4) is 0 Å². The highest BCUT2D eigenvalue weighted by molar-refractivity contribution is 6.18. The number of rotatable bonds is 3. The third-order valence-corrected chi connectivity index (χ3v) is 3.52. The highest BCUT2D eigenvalue weighted by Gasteiger charge is 2.27. The van der Waals surface area contributed by atoms with Crippen LogP contribution in [-0.4, -0.2) is 5.88 Å². The van der Waals surface area contributed by atoms with E-state index in [1.54, 1.807) is 0 Å². The summed E-state index contributed by atoms with van der Waals surface area (Å²) in [6.07, 6.45) is 3.86. The first kappa shape index (κ1) is 9.97. The van der Waals surface area contributed by atoms with Gasteiger partial charge in [-0.15, -0.1) is 11.6 Å². The molecule has 2 heteroatoms. The zero-order valence-electron chi connectivity index (χ0n) is 8.05. The average Bonchev–Trinajstić information content (AvgIpc) is 2.13. The molecule has 0 heterocycles. The maximum absolute atomic E-state index is 12.7. The number of hydrogen-bond acceptors (Lipinski definition) is 0. The molecule has 0 saturated heterocycles. The highest BCUT2D eigenvalue weighted by Crippen LogP contribution is 2.39. The summed E-state index contributed by atoms with van der Waals surface area (Å²) >= 11 is 5.96. The summed E-state index contributed by atoms with van der Waals surface area (Å²) in [7, 11) is 0. The van der Waals surface area contributed by atoms with Crippen LogP contribution >= 0.6 is 11.6 Å². The Balaban J connectivity index is 2.14. The zero-order chi connectivity index (χ0) is 9.97. The van der Waals surface area contributed by atoms with Crippen molar-refractivity contribution in [1.29, 1.82) is 0 Å². The first-order valence-electron chi connectivity index (χ1n) is 5.12. The summed E-state index contributed by atoms with van der Waals surface area (Å²) < 4.78 is 12.7. The van der Waals surface area contributed by atoms with Crippen LogP contribution in [0.2, 0.25) is 0 Å². The molecule has 0 radical (unpaired) electrons. The van der Waals surface area contributed by atoms with Crippen molar-refractivity contribution in [3.63, 3.8) is 0 Å². The Morgan fingerprint density at radius 1 is 1.29 bits per heavy atom. The molecule has 1 fully saturated rings. The van der Waals surface area contributed by atoms with E-state index in [4.69, 9.17) is 11.6 Å². The van der Waals surface area contributed by atoms with Gasteiger partial charge in [0, 0.05) is 11.8 Å². The Labute approximate surface area is 89.1 Å². The van der Waals surface area contributed by atoms with Gasteiger partial charge in [-0.3, -0.25) is 0 Å². The van der Waals surface area contributed by atoms with E-state index in [-0.39, 0.29) is 5.82 Å². The Morgan fingerprint density at radius 2 is 1.93 bits per heavy atom. The Bertz CT molecular complexity index is 290. The largest absolute Gasteiger partial charge is 0.207 e. The van der Waals surface area contributed by atoms with Crippen LogP contribution in [-0.2, 0) is 0 Å².